The number of hydrogen-bond acceptors (Lipinski definition) is 5. The average molecular weight is 394 g/mol. The number of aromatic amines is 1. The van der Waals surface area contributed by atoms with Crippen molar-refractivity contribution in [1.82, 2.24) is 15.3 Å². The van der Waals surface area contributed by atoms with E-state index in [0.717, 1.165) is 54.6 Å². The Balaban J connectivity index is 1.44. The maximum atomic E-state index is 12.4. The molecule has 7 heteroatoms. The molecule has 26 heavy (non-hydrogen) atoms. The minimum Gasteiger partial charge on any atom is -0.356 e. The lowest BCUT2D eigenvalue weighted by Crippen LogP contribution is -2.24. The summed E-state index contributed by atoms with van der Waals surface area (Å²) in [6.45, 7) is 5.15. The molecular weight excluding hydrogens is 366 g/mol. The Morgan fingerprint density at radius 2 is 2.23 bits per heavy atom. The van der Waals surface area contributed by atoms with E-state index in [4.69, 9.17) is 0 Å². The molecule has 0 bridgehead atoms. The first-order valence-electron chi connectivity index (χ1n) is 9.42. The van der Waals surface area contributed by atoms with E-state index >= 15 is 0 Å². The zero-order chi connectivity index (χ0) is 18.5. The van der Waals surface area contributed by atoms with Crippen molar-refractivity contribution in [2.75, 3.05) is 12.3 Å². The Kier molecular flexibility index (Phi) is 6.75. The molecule has 142 valence electrons. The highest BCUT2D eigenvalue weighted by Crippen LogP contribution is 2.34. The van der Waals surface area contributed by atoms with Gasteiger partial charge in [0.15, 0.2) is 0 Å². The molecule has 2 aromatic heterocycles. The third-order valence-corrected chi connectivity index (χ3v) is 6.77. The van der Waals surface area contributed by atoms with Crippen LogP contribution in [0, 0.1) is 5.92 Å². The second-order valence-electron chi connectivity index (χ2n) is 7.24. The van der Waals surface area contributed by atoms with E-state index in [1.807, 2.05) is 0 Å². The first kappa shape index (κ1) is 19.4. The smallest absolute Gasteiger partial charge is 0.259 e. The first-order chi connectivity index (χ1) is 12.5. The number of amides is 1. The van der Waals surface area contributed by atoms with Gasteiger partial charge in [0.2, 0.25) is 5.91 Å². The van der Waals surface area contributed by atoms with Gasteiger partial charge in [0, 0.05) is 23.6 Å². The predicted molar refractivity (Wildman–Crippen MR) is 110 cm³/mol. The fourth-order valence-electron chi connectivity index (χ4n) is 3.28. The molecule has 0 saturated heterocycles. The van der Waals surface area contributed by atoms with Crippen LogP contribution < -0.4 is 10.9 Å². The van der Waals surface area contributed by atoms with Gasteiger partial charge in [0.1, 0.15) is 10.7 Å². The Morgan fingerprint density at radius 1 is 1.38 bits per heavy atom. The van der Waals surface area contributed by atoms with Crippen LogP contribution >= 0.6 is 23.1 Å². The van der Waals surface area contributed by atoms with Crippen LogP contribution in [-0.2, 0) is 23.4 Å². The number of nitrogens with zero attached hydrogens (tertiary/aromatic N) is 1. The minimum atomic E-state index is -0.00658. The molecule has 0 unspecified atom stereocenters. The molecule has 0 saturated carbocycles. The van der Waals surface area contributed by atoms with E-state index in [9.17, 15) is 9.59 Å². The topological polar surface area (TPSA) is 74.8 Å². The summed E-state index contributed by atoms with van der Waals surface area (Å²) >= 11 is 3.31. The Hall–Kier alpha value is -1.34. The van der Waals surface area contributed by atoms with E-state index in [-0.39, 0.29) is 11.5 Å². The van der Waals surface area contributed by atoms with Gasteiger partial charge in [0.05, 0.1) is 11.1 Å². The van der Waals surface area contributed by atoms with E-state index in [1.54, 1.807) is 23.1 Å². The lowest BCUT2D eigenvalue weighted by molar-refractivity contribution is -0.120. The number of fused-ring (bicyclic) bond motifs is 3. The van der Waals surface area contributed by atoms with E-state index in [2.05, 4.69) is 29.1 Å². The van der Waals surface area contributed by atoms with Crippen molar-refractivity contribution in [3.05, 3.63) is 26.6 Å². The summed E-state index contributed by atoms with van der Waals surface area (Å²) in [5.41, 5.74) is 1.21. The monoisotopic (exact) mass is 393 g/mol. The molecule has 0 atom stereocenters. The van der Waals surface area contributed by atoms with Gasteiger partial charge in [-0.15, -0.1) is 11.3 Å². The zero-order valence-electron chi connectivity index (χ0n) is 15.5. The molecule has 0 spiro atoms. The summed E-state index contributed by atoms with van der Waals surface area (Å²) in [5.74, 6) is 2.86. The molecule has 0 aromatic carbocycles. The molecule has 0 fully saturated rings. The third kappa shape index (κ3) is 4.88. The van der Waals surface area contributed by atoms with E-state index in [0.29, 0.717) is 23.9 Å². The highest BCUT2D eigenvalue weighted by molar-refractivity contribution is 7.98. The Morgan fingerprint density at radius 3 is 3.04 bits per heavy atom. The predicted octanol–water partition coefficient (Wildman–Crippen LogP) is 3.65. The molecule has 2 N–H and O–H groups in total. The number of thioether (sulfide) groups is 1. The maximum absolute atomic E-state index is 12.4. The van der Waals surface area contributed by atoms with Crippen molar-refractivity contribution in [2.45, 2.75) is 58.1 Å². The van der Waals surface area contributed by atoms with Crippen molar-refractivity contribution >= 4 is 39.2 Å². The van der Waals surface area contributed by atoms with Gasteiger partial charge in [-0.1, -0.05) is 13.8 Å². The third-order valence-electron chi connectivity index (χ3n) is 4.62. The number of H-pyrrole nitrogens is 1. The molecule has 0 radical (unpaired) electrons. The summed E-state index contributed by atoms with van der Waals surface area (Å²) in [4.78, 5) is 34.0. The lowest BCUT2D eigenvalue weighted by Gasteiger charge is -2.07. The van der Waals surface area contributed by atoms with Crippen LogP contribution in [0.2, 0.25) is 0 Å². The summed E-state index contributed by atoms with van der Waals surface area (Å²) in [7, 11) is 0. The zero-order valence-corrected chi connectivity index (χ0v) is 17.2. The summed E-state index contributed by atoms with van der Waals surface area (Å²) in [6, 6.07) is 0. The summed E-state index contributed by atoms with van der Waals surface area (Å²) < 4.78 is 0. The first-order valence-corrected chi connectivity index (χ1v) is 11.4. The van der Waals surface area contributed by atoms with Gasteiger partial charge in [-0.2, -0.15) is 11.8 Å². The fraction of sp³-hybridized carbons (Fsp3) is 0.632. The maximum Gasteiger partial charge on any atom is 0.259 e. The van der Waals surface area contributed by atoms with Crippen LogP contribution in [0.25, 0.3) is 10.2 Å². The number of nitrogens with one attached hydrogen (secondary N) is 2. The number of carbonyl (C=O) groups excluding carboxylic acids is 1. The van der Waals surface area contributed by atoms with E-state index in [1.165, 1.54) is 10.4 Å². The molecule has 1 aliphatic carbocycles. The molecule has 0 aliphatic heterocycles. The Labute approximate surface area is 162 Å². The minimum absolute atomic E-state index is 0.00658. The molecule has 2 heterocycles. The molecular formula is C19H27N3O2S2. The van der Waals surface area contributed by atoms with Crippen molar-refractivity contribution in [3.8, 4) is 0 Å². The average Bonchev–Trinajstić information content (AvgIpc) is 3.16. The second kappa shape index (κ2) is 9.04. The van der Waals surface area contributed by atoms with Gasteiger partial charge in [-0.25, -0.2) is 4.98 Å². The van der Waals surface area contributed by atoms with Crippen LogP contribution in [-0.4, -0.2) is 28.2 Å². The van der Waals surface area contributed by atoms with Gasteiger partial charge < -0.3 is 10.3 Å². The van der Waals surface area contributed by atoms with Gasteiger partial charge >= 0.3 is 0 Å². The normalized spacial score (nSPS) is 13.5. The molecule has 1 amide bonds. The number of aromatic nitrogens is 2. The standard InChI is InChI=1S/C19H27N3O2S2/c1-12(2)5-4-9-20-16(23)8-10-25-11-15-21-18(24)17-13-6-3-7-14(13)26-19(17)22-15/h12H,3-11H2,1-2H3,(H,20,23)(H,21,22,24). The number of aryl methyl sites for hydroxylation is 2. The molecule has 5 nitrogen and oxygen atoms in total. The number of hydrogen-bond donors (Lipinski definition) is 2. The largest absolute Gasteiger partial charge is 0.356 e. The van der Waals surface area contributed by atoms with E-state index < -0.39 is 0 Å². The van der Waals surface area contributed by atoms with Crippen LogP contribution in [0.5, 0.6) is 0 Å². The number of rotatable bonds is 9. The second-order valence-corrected chi connectivity index (χ2v) is 9.43. The number of carbonyl (C=O) groups is 1. The van der Waals surface area contributed by atoms with Crippen LogP contribution in [0.1, 0.15) is 55.8 Å². The van der Waals surface area contributed by atoms with Crippen molar-refractivity contribution in [2.24, 2.45) is 5.92 Å². The van der Waals surface area contributed by atoms with Gasteiger partial charge in [0.25, 0.3) is 5.56 Å². The van der Waals surface area contributed by atoms with Crippen LogP contribution in [0.3, 0.4) is 0 Å². The summed E-state index contributed by atoms with van der Waals surface area (Å²) in [5, 5.41) is 3.77. The SMILES string of the molecule is CC(C)CCCNC(=O)CCSCc1nc2sc3c(c2c(=O)[nH]1)CCC3. The van der Waals surface area contributed by atoms with Crippen molar-refractivity contribution < 1.29 is 4.79 Å². The van der Waals surface area contributed by atoms with Crippen LogP contribution in [0.4, 0.5) is 0 Å². The lowest BCUT2D eigenvalue weighted by atomic mass is 10.1. The fourth-order valence-corrected chi connectivity index (χ4v) is 5.36. The summed E-state index contributed by atoms with van der Waals surface area (Å²) in [6.07, 6.45) is 5.90. The van der Waals surface area contributed by atoms with Crippen molar-refractivity contribution in [3.63, 3.8) is 0 Å². The molecule has 2 aromatic rings. The number of thiophene rings is 1. The highest BCUT2D eigenvalue weighted by atomic mass is 32.2. The molecule has 1 aliphatic rings. The Bertz CT molecular complexity index is 826. The van der Waals surface area contributed by atoms with Crippen molar-refractivity contribution in [1.29, 1.82) is 0 Å². The van der Waals surface area contributed by atoms with Gasteiger partial charge in [-0.05, 0) is 43.6 Å². The van der Waals surface area contributed by atoms with Crippen LogP contribution in [0.15, 0.2) is 4.79 Å². The molecule has 3 rings (SSSR count). The quantitative estimate of drug-likeness (QED) is 0.638. The highest BCUT2D eigenvalue weighted by Gasteiger charge is 2.20. The van der Waals surface area contributed by atoms with Gasteiger partial charge in [-0.3, -0.25) is 9.59 Å².